The Bertz CT molecular complexity index is 793. The molecule has 0 saturated heterocycles. The van der Waals surface area contributed by atoms with Crippen molar-refractivity contribution in [2.75, 3.05) is 6.61 Å². The van der Waals surface area contributed by atoms with E-state index in [2.05, 4.69) is 15.0 Å². The van der Waals surface area contributed by atoms with Crippen molar-refractivity contribution in [1.29, 1.82) is 0 Å². The largest absolute Gasteiger partial charge is 0.461 e. The van der Waals surface area contributed by atoms with Gasteiger partial charge in [0.05, 0.1) is 6.61 Å². The van der Waals surface area contributed by atoms with Gasteiger partial charge < -0.3 is 9.14 Å². The Hall–Kier alpha value is -2.76. The molecule has 0 aromatic carbocycles. The number of carbonyl (C=O) groups is 1. The number of carbonyl (C=O) groups excluding carboxylic acids is 1. The molecule has 0 spiro atoms. The van der Waals surface area contributed by atoms with Gasteiger partial charge in [-0.25, -0.2) is 19.7 Å². The normalized spacial score (nSPS) is 10.8. The van der Waals surface area contributed by atoms with Crippen molar-refractivity contribution < 1.29 is 9.53 Å². The summed E-state index contributed by atoms with van der Waals surface area (Å²) in [5.41, 5.74) is 2.85. The lowest BCUT2D eigenvalue weighted by molar-refractivity contribution is 0.0520. The molecule has 6 nitrogen and oxygen atoms in total. The van der Waals surface area contributed by atoms with E-state index in [1.807, 2.05) is 25.3 Å². The number of pyridine rings is 1. The van der Waals surface area contributed by atoms with E-state index in [1.165, 1.54) is 0 Å². The van der Waals surface area contributed by atoms with Gasteiger partial charge in [-0.15, -0.1) is 0 Å². The van der Waals surface area contributed by atoms with Crippen molar-refractivity contribution in [3.05, 3.63) is 48.4 Å². The molecule has 3 aromatic rings. The van der Waals surface area contributed by atoms with E-state index in [9.17, 15) is 4.79 Å². The van der Waals surface area contributed by atoms with Crippen LogP contribution in [0.4, 0.5) is 0 Å². The highest BCUT2D eigenvalue weighted by atomic mass is 16.5. The molecule has 0 aliphatic rings. The molecule has 3 rings (SSSR count). The number of hydrogen-bond acceptors (Lipinski definition) is 5. The van der Waals surface area contributed by atoms with Crippen LogP contribution in [0.1, 0.15) is 23.2 Å². The topological polar surface area (TPSA) is 69.4 Å². The molecule has 0 aliphatic carbocycles. The summed E-state index contributed by atoms with van der Waals surface area (Å²) in [6.45, 7) is 3.94. The van der Waals surface area contributed by atoms with Crippen molar-refractivity contribution in [2.45, 2.75) is 13.8 Å². The van der Waals surface area contributed by atoms with Crippen molar-refractivity contribution in [3.8, 4) is 11.1 Å². The molecule has 0 bridgehead atoms. The number of esters is 1. The average Bonchev–Trinajstić information content (AvgIpc) is 2.91. The fraction of sp³-hybridized carbons (Fsp3) is 0.200. The number of aromatic nitrogens is 4. The monoisotopic (exact) mass is 282 g/mol. The van der Waals surface area contributed by atoms with E-state index in [1.54, 1.807) is 29.9 Å². The first-order valence-corrected chi connectivity index (χ1v) is 6.62. The van der Waals surface area contributed by atoms with Crippen LogP contribution in [0.5, 0.6) is 0 Å². The third-order valence-electron chi connectivity index (χ3n) is 3.05. The highest BCUT2D eigenvalue weighted by molar-refractivity contribution is 5.88. The minimum atomic E-state index is -0.415. The molecule has 0 fully saturated rings. The Kier molecular flexibility index (Phi) is 3.35. The third kappa shape index (κ3) is 2.60. The Balaban J connectivity index is 2.00. The summed E-state index contributed by atoms with van der Waals surface area (Å²) in [5, 5.41) is 0. The Morgan fingerprint density at radius 1 is 1.19 bits per heavy atom. The molecule has 0 N–H and O–H groups in total. The summed E-state index contributed by atoms with van der Waals surface area (Å²) < 4.78 is 6.74. The molecule has 0 amide bonds. The van der Waals surface area contributed by atoms with Crippen molar-refractivity contribution in [3.63, 3.8) is 0 Å². The number of fused-ring (bicyclic) bond motifs is 1. The number of nitrogens with zero attached hydrogens (tertiary/aromatic N) is 4. The average molecular weight is 282 g/mol. The van der Waals surface area contributed by atoms with E-state index < -0.39 is 5.97 Å². The Labute approximate surface area is 121 Å². The second-order valence-corrected chi connectivity index (χ2v) is 4.55. The molecule has 3 aromatic heterocycles. The van der Waals surface area contributed by atoms with Gasteiger partial charge in [0.1, 0.15) is 11.5 Å². The molecule has 0 unspecified atom stereocenters. The zero-order chi connectivity index (χ0) is 14.8. The molecular formula is C15H14N4O2. The van der Waals surface area contributed by atoms with Gasteiger partial charge in [-0.2, -0.15) is 0 Å². The van der Waals surface area contributed by atoms with Gasteiger partial charge in [0.25, 0.3) is 0 Å². The standard InChI is InChI=1S/C15H14N4O2/c1-3-21-15(20)13-9-19-8-11(4-5-14(19)18-13)12-6-16-10(2)17-7-12/h4-9H,3H2,1-2H3. The van der Waals surface area contributed by atoms with Crippen LogP contribution in [-0.2, 0) is 4.74 Å². The molecule has 21 heavy (non-hydrogen) atoms. The first-order valence-electron chi connectivity index (χ1n) is 6.62. The highest BCUT2D eigenvalue weighted by Gasteiger charge is 2.12. The van der Waals surface area contributed by atoms with Crippen molar-refractivity contribution >= 4 is 11.6 Å². The predicted octanol–water partition coefficient (Wildman–Crippen LogP) is 2.28. The quantitative estimate of drug-likeness (QED) is 0.689. The molecule has 106 valence electrons. The summed E-state index contributed by atoms with van der Waals surface area (Å²) >= 11 is 0. The van der Waals surface area contributed by atoms with Crippen LogP contribution in [0.25, 0.3) is 16.8 Å². The molecule has 6 heteroatoms. The van der Waals surface area contributed by atoms with Gasteiger partial charge >= 0.3 is 5.97 Å². The number of imidazole rings is 1. The maximum Gasteiger partial charge on any atom is 0.358 e. The summed E-state index contributed by atoms with van der Waals surface area (Å²) in [4.78, 5) is 24.3. The van der Waals surface area contributed by atoms with Crippen LogP contribution in [0.3, 0.4) is 0 Å². The smallest absolute Gasteiger partial charge is 0.358 e. The number of rotatable bonds is 3. The molecule has 0 radical (unpaired) electrons. The van der Waals surface area contributed by atoms with E-state index in [4.69, 9.17) is 4.74 Å². The fourth-order valence-electron chi connectivity index (χ4n) is 2.01. The molecule has 0 atom stereocenters. The van der Waals surface area contributed by atoms with Crippen molar-refractivity contribution in [1.82, 2.24) is 19.4 Å². The number of ether oxygens (including phenoxy) is 1. The third-order valence-corrected chi connectivity index (χ3v) is 3.05. The van der Waals surface area contributed by atoms with Crippen LogP contribution in [0.15, 0.2) is 36.9 Å². The van der Waals surface area contributed by atoms with Gasteiger partial charge in [0.15, 0.2) is 5.69 Å². The van der Waals surface area contributed by atoms with Crippen molar-refractivity contribution in [2.24, 2.45) is 0 Å². The zero-order valence-corrected chi connectivity index (χ0v) is 11.8. The minimum absolute atomic E-state index is 0.300. The highest BCUT2D eigenvalue weighted by Crippen LogP contribution is 2.19. The van der Waals surface area contributed by atoms with Crippen LogP contribution in [0.2, 0.25) is 0 Å². The molecular weight excluding hydrogens is 268 g/mol. The van der Waals surface area contributed by atoms with Crippen LogP contribution in [-0.4, -0.2) is 31.9 Å². The first kappa shape index (κ1) is 13.2. The second kappa shape index (κ2) is 5.32. The van der Waals surface area contributed by atoms with E-state index in [0.717, 1.165) is 17.0 Å². The van der Waals surface area contributed by atoms with E-state index in [-0.39, 0.29) is 0 Å². The Morgan fingerprint density at radius 2 is 1.95 bits per heavy atom. The van der Waals surface area contributed by atoms with Gasteiger partial charge in [-0.05, 0) is 26.0 Å². The zero-order valence-electron chi connectivity index (χ0n) is 11.8. The van der Waals surface area contributed by atoms with Gasteiger partial charge in [0.2, 0.25) is 0 Å². The first-order chi connectivity index (χ1) is 10.2. The summed E-state index contributed by atoms with van der Waals surface area (Å²) in [5.74, 6) is 0.313. The lowest BCUT2D eigenvalue weighted by Crippen LogP contribution is -2.04. The minimum Gasteiger partial charge on any atom is -0.461 e. The SMILES string of the molecule is CCOC(=O)c1cn2cc(-c3cnc(C)nc3)ccc2n1. The second-order valence-electron chi connectivity index (χ2n) is 4.55. The fourth-order valence-corrected chi connectivity index (χ4v) is 2.01. The van der Waals surface area contributed by atoms with E-state index >= 15 is 0 Å². The van der Waals surface area contributed by atoms with Crippen LogP contribution < -0.4 is 0 Å². The Morgan fingerprint density at radius 3 is 2.67 bits per heavy atom. The maximum absolute atomic E-state index is 11.7. The predicted molar refractivity (Wildman–Crippen MR) is 76.9 cm³/mol. The van der Waals surface area contributed by atoms with E-state index in [0.29, 0.717) is 17.9 Å². The van der Waals surface area contributed by atoms with Crippen LogP contribution in [0, 0.1) is 6.92 Å². The number of aryl methyl sites for hydroxylation is 1. The molecule has 0 saturated carbocycles. The van der Waals surface area contributed by atoms with Gasteiger partial charge in [-0.1, -0.05) is 0 Å². The lowest BCUT2D eigenvalue weighted by atomic mass is 10.1. The molecule has 0 aliphatic heterocycles. The summed E-state index contributed by atoms with van der Waals surface area (Å²) in [6.07, 6.45) is 7.09. The lowest BCUT2D eigenvalue weighted by Gasteiger charge is -2.02. The molecule has 3 heterocycles. The maximum atomic E-state index is 11.7. The van der Waals surface area contributed by atoms with Gasteiger partial charge in [-0.3, -0.25) is 0 Å². The summed E-state index contributed by atoms with van der Waals surface area (Å²) in [7, 11) is 0. The van der Waals surface area contributed by atoms with Crippen LogP contribution >= 0.6 is 0 Å². The number of hydrogen-bond donors (Lipinski definition) is 0. The summed E-state index contributed by atoms with van der Waals surface area (Å²) in [6, 6.07) is 3.77. The van der Waals surface area contributed by atoms with Gasteiger partial charge in [0, 0.05) is 35.9 Å².